The first-order valence-electron chi connectivity index (χ1n) is 11.4. The van der Waals surface area contributed by atoms with E-state index in [1.165, 1.54) is 0 Å². The molecule has 5 heteroatoms. The number of rotatable bonds is 12. The lowest BCUT2D eigenvalue weighted by atomic mass is 9.98. The average Bonchev–Trinajstić information content (AvgIpc) is 2.82. The minimum atomic E-state index is -0.998. The van der Waals surface area contributed by atoms with E-state index >= 15 is 0 Å². The summed E-state index contributed by atoms with van der Waals surface area (Å²) in [6, 6.07) is 22.1. The number of carboxylic acids is 1. The Hall–Kier alpha value is -3.47. The fourth-order valence-electron chi connectivity index (χ4n) is 3.67. The molecule has 0 bridgehead atoms. The molecule has 3 rings (SSSR count). The first kappa shape index (κ1) is 24.2. The van der Waals surface area contributed by atoms with Crippen molar-refractivity contribution in [2.75, 3.05) is 13.2 Å². The molecule has 0 aromatic heterocycles. The second kappa shape index (κ2) is 12.0. The molecule has 1 atom stereocenters. The second-order valence-corrected chi connectivity index (χ2v) is 7.94. The number of hydrogen-bond donors (Lipinski definition) is 1. The smallest absolute Gasteiger partial charge is 0.341 e. The van der Waals surface area contributed by atoms with Crippen LogP contribution in [0.25, 0.3) is 11.1 Å². The SMILES string of the molecule is CCCCC(Oc1ccc(OCC(=O)O)c(C)c1)c1cccc(-c2ccc(OCC)cc2)c1. The molecule has 3 aromatic carbocycles. The van der Waals surface area contributed by atoms with Gasteiger partial charge in [0.2, 0.25) is 0 Å². The van der Waals surface area contributed by atoms with Crippen molar-refractivity contribution in [3.05, 3.63) is 77.9 Å². The van der Waals surface area contributed by atoms with Crippen molar-refractivity contribution >= 4 is 5.97 Å². The van der Waals surface area contributed by atoms with E-state index in [1.807, 2.05) is 38.1 Å². The molecule has 3 aromatic rings. The van der Waals surface area contributed by atoms with E-state index in [9.17, 15) is 4.79 Å². The van der Waals surface area contributed by atoms with E-state index in [0.29, 0.717) is 12.4 Å². The molecular weight excluding hydrogens is 416 g/mol. The number of unbranched alkanes of at least 4 members (excludes halogenated alkanes) is 1. The molecule has 1 unspecified atom stereocenters. The number of carboxylic acid groups (broad SMARTS) is 1. The average molecular weight is 449 g/mol. The summed E-state index contributed by atoms with van der Waals surface area (Å²) in [7, 11) is 0. The van der Waals surface area contributed by atoms with Crippen molar-refractivity contribution < 1.29 is 24.1 Å². The lowest BCUT2D eigenvalue weighted by molar-refractivity contribution is -0.139. The van der Waals surface area contributed by atoms with E-state index in [4.69, 9.17) is 19.3 Å². The molecule has 0 heterocycles. The highest BCUT2D eigenvalue weighted by molar-refractivity contribution is 5.68. The second-order valence-electron chi connectivity index (χ2n) is 7.94. The highest BCUT2D eigenvalue weighted by Gasteiger charge is 2.15. The van der Waals surface area contributed by atoms with Crippen molar-refractivity contribution in [1.82, 2.24) is 0 Å². The fraction of sp³-hybridized carbons (Fsp3) is 0.321. The van der Waals surface area contributed by atoms with Gasteiger partial charge in [0, 0.05) is 0 Å². The summed E-state index contributed by atoms with van der Waals surface area (Å²) >= 11 is 0. The Morgan fingerprint density at radius 1 is 0.909 bits per heavy atom. The third-order valence-corrected chi connectivity index (χ3v) is 5.35. The Kier molecular flexibility index (Phi) is 8.76. The van der Waals surface area contributed by atoms with Crippen LogP contribution < -0.4 is 14.2 Å². The number of benzene rings is 3. The highest BCUT2D eigenvalue weighted by atomic mass is 16.5. The Morgan fingerprint density at radius 2 is 1.67 bits per heavy atom. The van der Waals surface area contributed by atoms with E-state index in [0.717, 1.165) is 53.0 Å². The van der Waals surface area contributed by atoms with Gasteiger partial charge in [-0.15, -0.1) is 0 Å². The summed E-state index contributed by atoms with van der Waals surface area (Å²) in [5, 5.41) is 8.83. The molecule has 0 fully saturated rings. The van der Waals surface area contributed by atoms with Crippen LogP contribution >= 0.6 is 0 Å². The quantitative estimate of drug-likeness (QED) is 0.329. The van der Waals surface area contributed by atoms with Gasteiger partial charge in [-0.3, -0.25) is 0 Å². The van der Waals surface area contributed by atoms with Gasteiger partial charge in [-0.05, 0) is 85.3 Å². The Balaban J connectivity index is 1.80. The van der Waals surface area contributed by atoms with Crippen LogP contribution in [-0.4, -0.2) is 24.3 Å². The molecule has 0 radical (unpaired) electrons. The molecule has 0 amide bonds. The maximum absolute atomic E-state index is 10.8. The van der Waals surface area contributed by atoms with Crippen molar-refractivity contribution in [3.8, 4) is 28.4 Å². The summed E-state index contributed by atoms with van der Waals surface area (Å²) < 4.78 is 17.3. The van der Waals surface area contributed by atoms with E-state index in [-0.39, 0.29) is 12.7 Å². The van der Waals surface area contributed by atoms with Gasteiger partial charge in [0.05, 0.1) is 6.61 Å². The largest absolute Gasteiger partial charge is 0.494 e. The number of carbonyl (C=O) groups is 1. The molecule has 33 heavy (non-hydrogen) atoms. The Labute approximate surface area is 195 Å². The van der Waals surface area contributed by atoms with Crippen molar-refractivity contribution in [3.63, 3.8) is 0 Å². The number of aliphatic carboxylic acids is 1. The molecule has 0 saturated carbocycles. The van der Waals surface area contributed by atoms with Gasteiger partial charge in [-0.2, -0.15) is 0 Å². The van der Waals surface area contributed by atoms with Crippen LogP contribution in [0.15, 0.2) is 66.7 Å². The number of hydrogen-bond acceptors (Lipinski definition) is 4. The first-order valence-corrected chi connectivity index (χ1v) is 11.4. The molecule has 1 N–H and O–H groups in total. The van der Waals surface area contributed by atoms with Gasteiger partial charge in [0.15, 0.2) is 6.61 Å². The summed E-state index contributed by atoms with van der Waals surface area (Å²) in [5.41, 5.74) is 4.23. The van der Waals surface area contributed by atoms with Crippen molar-refractivity contribution in [1.29, 1.82) is 0 Å². The van der Waals surface area contributed by atoms with Gasteiger partial charge < -0.3 is 19.3 Å². The molecule has 174 valence electrons. The molecular formula is C28H32O5. The summed E-state index contributed by atoms with van der Waals surface area (Å²) in [4.78, 5) is 10.8. The standard InChI is InChI=1S/C28H32O5/c1-4-6-10-27(33-25-15-16-26(20(3)17-25)32-19-28(29)30)23-9-7-8-22(18-23)21-11-13-24(14-12-21)31-5-2/h7-9,11-18,27H,4-6,10,19H2,1-3H3,(H,29,30). The fourth-order valence-corrected chi connectivity index (χ4v) is 3.67. The zero-order valence-corrected chi connectivity index (χ0v) is 19.5. The van der Waals surface area contributed by atoms with Gasteiger partial charge >= 0.3 is 5.97 Å². The van der Waals surface area contributed by atoms with Crippen LogP contribution in [0.5, 0.6) is 17.2 Å². The van der Waals surface area contributed by atoms with E-state index in [1.54, 1.807) is 6.07 Å². The summed E-state index contributed by atoms with van der Waals surface area (Å²) in [6.45, 7) is 6.33. The normalized spacial score (nSPS) is 11.6. The van der Waals surface area contributed by atoms with Crippen LogP contribution in [0, 0.1) is 6.92 Å². The van der Waals surface area contributed by atoms with Crippen LogP contribution in [0.4, 0.5) is 0 Å². The molecule has 0 saturated heterocycles. The predicted molar refractivity (Wildman–Crippen MR) is 130 cm³/mol. The molecule has 0 aliphatic heterocycles. The molecule has 0 aliphatic rings. The lowest BCUT2D eigenvalue weighted by Gasteiger charge is -2.21. The summed E-state index contributed by atoms with van der Waals surface area (Å²) in [5.74, 6) is 1.16. The third kappa shape index (κ3) is 7.01. The van der Waals surface area contributed by atoms with Crippen LogP contribution in [0.3, 0.4) is 0 Å². The van der Waals surface area contributed by atoms with Crippen LogP contribution in [-0.2, 0) is 4.79 Å². The monoisotopic (exact) mass is 448 g/mol. The van der Waals surface area contributed by atoms with Crippen molar-refractivity contribution in [2.45, 2.75) is 46.1 Å². The van der Waals surface area contributed by atoms with Gasteiger partial charge in [-0.1, -0.05) is 43.7 Å². The van der Waals surface area contributed by atoms with Crippen LogP contribution in [0.1, 0.15) is 50.3 Å². The van der Waals surface area contributed by atoms with Gasteiger partial charge in [-0.25, -0.2) is 4.79 Å². The van der Waals surface area contributed by atoms with Gasteiger partial charge in [0.25, 0.3) is 0 Å². The Bertz CT molecular complexity index is 1040. The highest BCUT2D eigenvalue weighted by Crippen LogP contribution is 2.32. The third-order valence-electron chi connectivity index (χ3n) is 5.35. The summed E-state index contributed by atoms with van der Waals surface area (Å²) in [6.07, 6.45) is 2.95. The predicted octanol–water partition coefficient (Wildman–Crippen LogP) is 6.83. The topological polar surface area (TPSA) is 65.0 Å². The lowest BCUT2D eigenvalue weighted by Crippen LogP contribution is -2.10. The minimum absolute atomic E-state index is 0.0854. The molecule has 0 spiro atoms. The maximum atomic E-state index is 10.8. The maximum Gasteiger partial charge on any atom is 0.341 e. The minimum Gasteiger partial charge on any atom is -0.494 e. The molecule has 5 nitrogen and oxygen atoms in total. The van der Waals surface area contributed by atoms with Gasteiger partial charge in [0.1, 0.15) is 23.4 Å². The zero-order chi connectivity index (χ0) is 23.6. The number of ether oxygens (including phenoxy) is 3. The molecule has 0 aliphatic carbocycles. The van der Waals surface area contributed by atoms with Crippen LogP contribution in [0.2, 0.25) is 0 Å². The first-order chi connectivity index (χ1) is 16.0. The van der Waals surface area contributed by atoms with Crippen molar-refractivity contribution in [2.24, 2.45) is 0 Å². The Morgan fingerprint density at radius 3 is 2.33 bits per heavy atom. The van der Waals surface area contributed by atoms with E-state index < -0.39 is 5.97 Å². The number of aryl methyl sites for hydroxylation is 1. The van der Waals surface area contributed by atoms with E-state index in [2.05, 4.69) is 43.3 Å². The zero-order valence-electron chi connectivity index (χ0n) is 19.5.